The van der Waals surface area contributed by atoms with Gasteiger partial charge in [-0.1, -0.05) is 6.07 Å². The molecule has 0 saturated carbocycles. The smallest absolute Gasteiger partial charge is 0.251 e. The van der Waals surface area contributed by atoms with Crippen molar-refractivity contribution in [2.45, 2.75) is 6.42 Å². The molecule has 0 saturated heterocycles. The number of aromatic nitrogens is 3. The Bertz CT molecular complexity index is 983. The molecular formula is C18H16N4O. The third kappa shape index (κ3) is 2.68. The molecule has 4 aromatic rings. The highest BCUT2D eigenvalue weighted by Gasteiger charge is 2.07. The lowest BCUT2D eigenvalue weighted by Crippen LogP contribution is -2.25. The predicted molar refractivity (Wildman–Crippen MR) is 90.4 cm³/mol. The van der Waals surface area contributed by atoms with Crippen LogP contribution in [0.25, 0.3) is 21.9 Å². The van der Waals surface area contributed by atoms with E-state index in [2.05, 4.69) is 44.5 Å². The van der Waals surface area contributed by atoms with E-state index in [0.29, 0.717) is 12.1 Å². The average molecular weight is 304 g/mol. The standard InChI is InChI=1S/C18H16N4O/c23-18(14-2-4-16-17(10-14)22-11-21-16)20-7-5-12-1-3-15-13(9-12)6-8-19-15/h1-4,6,8-11,19H,5,7H2,(H,20,23)(H,21,22). The highest BCUT2D eigenvalue weighted by molar-refractivity contribution is 5.97. The van der Waals surface area contributed by atoms with Crippen LogP contribution in [0.4, 0.5) is 0 Å². The highest BCUT2D eigenvalue weighted by Crippen LogP contribution is 2.15. The first-order chi connectivity index (χ1) is 11.3. The van der Waals surface area contributed by atoms with Gasteiger partial charge in [0.05, 0.1) is 17.4 Å². The minimum atomic E-state index is -0.0655. The Balaban J connectivity index is 1.40. The molecule has 3 N–H and O–H groups in total. The summed E-state index contributed by atoms with van der Waals surface area (Å²) in [6, 6.07) is 13.8. The van der Waals surface area contributed by atoms with Gasteiger partial charge in [0.15, 0.2) is 0 Å². The van der Waals surface area contributed by atoms with Crippen LogP contribution in [0.3, 0.4) is 0 Å². The van der Waals surface area contributed by atoms with Gasteiger partial charge in [-0.3, -0.25) is 4.79 Å². The Kier molecular flexibility index (Phi) is 3.31. The van der Waals surface area contributed by atoms with Crippen molar-refractivity contribution in [2.75, 3.05) is 6.54 Å². The average Bonchev–Trinajstić information content (AvgIpc) is 3.22. The van der Waals surface area contributed by atoms with Gasteiger partial charge in [-0.2, -0.15) is 0 Å². The number of hydrogen-bond acceptors (Lipinski definition) is 2. The molecule has 2 heterocycles. The first-order valence-corrected chi connectivity index (χ1v) is 7.57. The number of amides is 1. The number of carbonyl (C=O) groups excluding carboxylic acids is 1. The molecule has 2 aromatic carbocycles. The molecule has 5 heteroatoms. The molecule has 0 aliphatic carbocycles. The molecule has 114 valence electrons. The van der Waals surface area contributed by atoms with E-state index in [9.17, 15) is 4.79 Å². The number of rotatable bonds is 4. The van der Waals surface area contributed by atoms with E-state index in [0.717, 1.165) is 23.0 Å². The van der Waals surface area contributed by atoms with Gasteiger partial charge >= 0.3 is 0 Å². The van der Waals surface area contributed by atoms with Crippen molar-refractivity contribution in [3.63, 3.8) is 0 Å². The number of nitrogens with zero attached hydrogens (tertiary/aromatic N) is 1. The Morgan fingerprint density at radius 1 is 1.04 bits per heavy atom. The number of fused-ring (bicyclic) bond motifs is 2. The Morgan fingerprint density at radius 2 is 2.00 bits per heavy atom. The summed E-state index contributed by atoms with van der Waals surface area (Å²) in [5.41, 5.74) is 4.71. The topological polar surface area (TPSA) is 73.6 Å². The molecule has 4 rings (SSSR count). The van der Waals surface area contributed by atoms with E-state index < -0.39 is 0 Å². The maximum Gasteiger partial charge on any atom is 0.251 e. The molecule has 2 aromatic heterocycles. The largest absolute Gasteiger partial charge is 0.361 e. The summed E-state index contributed by atoms with van der Waals surface area (Å²) in [7, 11) is 0. The number of nitrogens with one attached hydrogen (secondary N) is 3. The summed E-state index contributed by atoms with van der Waals surface area (Å²) in [5.74, 6) is -0.0655. The zero-order valence-corrected chi connectivity index (χ0v) is 12.5. The molecule has 0 atom stereocenters. The second-order valence-corrected chi connectivity index (χ2v) is 5.54. The number of aromatic amines is 2. The van der Waals surface area contributed by atoms with Crippen LogP contribution in [-0.4, -0.2) is 27.4 Å². The lowest BCUT2D eigenvalue weighted by atomic mass is 10.1. The maximum absolute atomic E-state index is 12.2. The molecule has 0 fully saturated rings. The number of benzene rings is 2. The van der Waals surface area contributed by atoms with Gasteiger partial charge in [-0.25, -0.2) is 4.98 Å². The minimum Gasteiger partial charge on any atom is -0.361 e. The third-order valence-corrected chi connectivity index (χ3v) is 4.00. The third-order valence-electron chi connectivity index (χ3n) is 4.00. The summed E-state index contributed by atoms with van der Waals surface area (Å²) in [4.78, 5) is 22.6. The summed E-state index contributed by atoms with van der Waals surface area (Å²) >= 11 is 0. The maximum atomic E-state index is 12.2. The number of imidazole rings is 1. The Morgan fingerprint density at radius 3 is 2.96 bits per heavy atom. The monoisotopic (exact) mass is 304 g/mol. The van der Waals surface area contributed by atoms with Crippen LogP contribution >= 0.6 is 0 Å². The molecule has 1 amide bonds. The summed E-state index contributed by atoms with van der Waals surface area (Å²) in [6.07, 6.45) is 4.37. The molecule has 0 bridgehead atoms. The van der Waals surface area contributed by atoms with Crippen LogP contribution in [0.2, 0.25) is 0 Å². The van der Waals surface area contributed by atoms with Crippen LogP contribution in [-0.2, 0) is 6.42 Å². The van der Waals surface area contributed by atoms with Crippen LogP contribution in [0.15, 0.2) is 55.0 Å². The first-order valence-electron chi connectivity index (χ1n) is 7.57. The molecule has 0 aliphatic rings. The van der Waals surface area contributed by atoms with Crippen LogP contribution in [0, 0.1) is 0 Å². The van der Waals surface area contributed by atoms with Crippen molar-refractivity contribution in [3.8, 4) is 0 Å². The fourth-order valence-electron chi connectivity index (χ4n) is 2.76. The SMILES string of the molecule is O=C(NCCc1ccc2[nH]ccc2c1)c1ccc2nc[nH]c2c1. The van der Waals surface area contributed by atoms with Crippen LogP contribution < -0.4 is 5.32 Å². The molecule has 0 spiro atoms. The van der Waals surface area contributed by atoms with E-state index in [1.54, 1.807) is 12.4 Å². The zero-order valence-electron chi connectivity index (χ0n) is 12.5. The quantitative estimate of drug-likeness (QED) is 0.542. The van der Waals surface area contributed by atoms with Crippen molar-refractivity contribution >= 4 is 27.8 Å². The Labute approximate surface area is 132 Å². The van der Waals surface area contributed by atoms with Gasteiger partial charge in [0.25, 0.3) is 5.91 Å². The van der Waals surface area contributed by atoms with Gasteiger partial charge in [0.1, 0.15) is 0 Å². The van der Waals surface area contributed by atoms with Crippen molar-refractivity contribution in [1.82, 2.24) is 20.3 Å². The predicted octanol–water partition coefficient (Wildman–Crippen LogP) is 3.02. The molecule has 23 heavy (non-hydrogen) atoms. The highest BCUT2D eigenvalue weighted by atomic mass is 16.1. The number of carbonyl (C=O) groups is 1. The van der Waals surface area contributed by atoms with Crippen molar-refractivity contribution in [1.29, 1.82) is 0 Å². The van der Waals surface area contributed by atoms with Crippen molar-refractivity contribution in [2.24, 2.45) is 0 Å². The van der Waals surface area contributed by atoms with Crippen molar-refractivity contribution in [3.05, 3.63) is 66.1 Å². The fourth-order valence-corrected chi connectivity index (χ4v) is 2.76. The first kappa shape index (κ1) is 13.6. The second kappa shape index (κ2) is 5.61. The van der Waals surface area contributed by atoms with Gasteiger partial charge in [0, 0.05) is 23.8 Å². The molecule has 0 unspecified atom stereocenters. The van der Waals surface area contributed by atoms with Crippen LogP contribution in [0.1, 0.15) is 15.9 Å². The summed E-state index contributed by atoms with van der Waals surface area (Å²) in [5, 5.41) is 4.16. The van der Waals surface area contributed by atoms with Crippen molar-refractivity contribution < 1.29 is 4.79 Å². The van der Waals surface area contributed by atoms with Gasteiger partial charge < -0.3 is 15.3 Å². The lowest BCUT2D eigenvalue weighted by molar-refractivity contribution is 0.0954. The van der Waals surface area contributed by atoms with E-state index >= 15 is 0 Å². The molecular weight excluding hydrogens is 288 g/mol. The van der Waals surface area contributed by atoms with Gasteiger partial charge in [0.2, 0.25) is 0 Å². The Hall–Kier alpha value is -3.08. The van der Waals surface area contributed by atoms with E-state index in [1.165, 1.54) is 10.9 Å². The minimum absolute atomic E-state index is 0.0655. The second-order valence-electron chi connectivity index (χ2n) is 5.54. The van der Waals surface area contributed by atoms with E-state index in [-0.39, 0.29) is 5.91 Å². The summed E-state index contributed by atoms with van der Waals surface area (Å²) < 4.78 is 0. The zero-order chi connectivity index (χ0) is 15.6. The normalized spacial score (nSPS) is 11.1. The van der Waals surface area contributed by atoms with Gasteiger partial charge in [-0.15, -0.1) is 0 Å². The number of hydrogen-bond donors (Lipinski definition) is 3. The van der Waals surface area contributed by atoms with Gasteiger partial charge in [-0.05, 0) is 53.8 Å². The van der Waals surface area contributed by atoms with E-state index in [4.69, 9.17) is 0 Å². The number of H-pyrrole nitrogens is 2. The summed E-state index contributed by atoms with van der Waals surface area (Å²) in [6.45, 7) is 0.607. The van der Waals surface area contributed by atoms with E-state index in [1.807, 2.05) is 18.3 Å². The molecule has 0 aliphatic heterocycles. The van der Waals surface area contributed by atoms with Crippen LogP contribution in [0.5, 0.6) is 0 Å². The lowest BCUT2D eigenvalue weighted by Gasteiger charge is -2.06. The fraction of sp³-hybridized carbons (Fsp3) is 0.111. The molecule has 5 nitrogen and oxygen atoms in total. The molecule has 0 radical (unpaired) electrons.